The van der Waals surface area contributed by atoms with Crippen molar-refractivity contribution in [2.75, 3.05) is 0 Å². The van der Waals surface area contributed by atoms with Crippen molar-refractivity contribution < 1.29 is 0 Å². The first-order valence-corrected chi connectivity index (χ1v) is 8.66. The minimum Gasteiger partial charge on any atom is -0.160 e. The summed E-state index contributed by atoms with van der Waals surface area (Å²) >= 11 is 6.89. The average molecular weight is 235 g/mol. The van der Waals surface area contributed by atoms with Crippen LogP contribution in [-0.4, -0.2) is 7.38 Å². The van der Waals surface area contributed by atoms with Crippen LogP contribution in [0.4, 0.5) is 0 Å². The van der Waals surface area contributed by atoms with E-state index in [4.69, 9.17) is 11.1 Å². The van der Waals surface area contributed by atoms with Crippen LogP contribution in [0.5, 0.6) is 0 Å². The summed E-state index contributed by atoms with van der Waals surface area (Å²) in [6.07, 6.45) is 8.67. The molecule has 2 rings (SSSR count). The maximum Gasteiger partial charge on any atom is 0.197 e. The standard InChI is InChI=1S/C13H15ClSi/c1-2-15(14,13-10-6-7-11-13)12-8-4-3-5-9-12/h3-11,13H,2H2,1H3. The average Bonchev–Trinajstić information content (AvgIpc) is 2.83. The zero-order chi connectivity index (χ0) is 10.7. The second-order valence-corrected chi connectivity index (χ2v) is 9.58. The second kappa shape index (κ2) is 4.38. The molecule has 0 fully saturated rings. The minimum absolute atomic E-state index is 0.451. The molecule has 0 aromatic heterocycles. The molecule has 15 heavy (non-hydrogen) atoms. The van der Waals surface area contributed by atoms with Crippen LogP contribution in [0.15, 0.2) is 54.6 Å². The lowest BCUT2D eigenvalue weighted by Crippen LogP contribution is -2.44. The predicted molar refractivity (Wildman–Crippen MR) is 70.2 cm³/mol. The van der Waals surface area contributed by atoms with E-state index in [1.165, 1.54) is 5.19 Å². The molecular formula is C13H15ClSi. The third kappa shape index (κ3) is 1.94. The van der Waals surface area contributed by atoms with Crippen molar-refractivity contribution in [3.8, 4) is 0 Å². The fraction of sp³-hybridized carbons (Fsp3) is 0.231. The Bertz CT molecular complexity index is 371. The van der Waals surface area contributed by atoms with Gasteiger partial charge in [-0.1, -0.05) is 61.6 Å². The normalized spacial score (nSPS) is 19.3. The molecule has 2 heteroatoms. The number of hydrogen-bond donors (Lipinski definition) is 0. The smallest absolute Gasteiger partial charge is 0.160 e. The molecule has 0 spiro atoms. The molecule has 1 unspecified atom stereocenters. The molecule has 0 amide bonds. The van der Waals surface area contributed by atoms with Crippen molar-refractivity contribution in [2.45, 2.75) is 18.5 Å². The Hall–Kier alpha value is -0.793. The SMILES string of the molecule is CC[Si](Cl)(c1ccccc1)C1C=CC=C1. The summed E-state index contributed by atoms with van der Waals surface area (Å²) in [6, 6.07) is 11.6. The second-order valence-electron chi connectivity index (χ2n) is 3.88. The molecule has 78 valence electrons. The minimum atomic E-state index is -1.87. The van der Waals surface area contributed by atoms with E-state index in [0.29, 0.717) is 5.54 Å². The fourth-order valence-corrected chi connectivity index (χ4v) is 5.74. The van der Waals surface area contributed by atoms with Gasteiger partial charge in [0.05, 0.1) is 0 Å². The Morgan fingerprint density at radius 1 is 1.13 bits per heavy atom. The van der Waals surface area contributed by atoms with Crippen molar-refractivity contribution in [2.24, 2.45) is 0 Å². The maximum absolute atomic E-state index is 6.89. The van der Waals surface area contributed by atoms with E-state index < -0.39 is 7.38 Å². The first kappa shape index (κ1) is 10.7. The van der Waals surface area contributed by atoms with Gasteiger partial charge < -0.3 is 0 Å². The van der Waals surface area contributed by atoms with Gasteiger partial charge in [-0.05, 0) is 11.2 Å². The molecule has 1 aliphatic rings. The van der Waals surface area contributed by atoms with Gasteiger partial charge in [-0.15, -0.1) is 0 Å². The van der Waals surface area contributed by atoms with Crippen LogP contribution in [0.2, 0.25) is 11.6 Å². The van der Waals surface area contributed by atoms with Gasteiger partial charge in [-0.3, -0.25) is 0 Å². The van der Waals surface area contributed by atoms with Crippen LogP contribution in [0.3, 0.4) is 0 Å². The first-order chi connectivity index (χ1) is 7.27. The van der Waals surface area contributed by atoms with E-state index in [0.717, 1.165) is 6.04 Å². The van der Waals surface area contributed by atoms with Crippen molar-refractivity contribution in [1.82, 2.24) is 0 Å². The lowest BCUT2D eigenvalue weighted by Gasteiger charge is -2.27. The van der Waals surface area contributed by atoms with E-state index in [9.17, 15) is 0 Å². The molecule has 0 saturated carbocycles. The molecule has 0 saturated heterocycles. The molecule has 1 atom stereocenters. The zero-order valence-electron chi connectivity index (χ0n) is 8.86. The van der Waals surface area contributed by atoms with Crippen LogP contribution < -0.4 is 5.19 Å². The highest BCUT2D eigenvalue weighted by atomic mass is 35.6. The fourth-order valence-electron chi connectivity index (χ4n) is 2.08. The lowest BCUT2D eigenvalue weighted by atomic mass is 10.4. The molecule has 0 N–H and O–H groups in total. The number of halogens is 1. The predicted octanol–water partition coefficient (Wildman–Crippen LogP) is 3.59. The third-order valence-corrected chi connectivity index (χ3v) is 9.02. The molecule has 0 bridgehead atoms. The van der Waals surface area contributed by atoms with Crippen molar-refractivity contribution >= 4 is 23.6 Å². The van der Waals surface area contributed by atoms with E-state index in [1.54, 1.807) is 0 Å². The molecule has 0 nitrogen and oxygen atoms in total. The lowest BCUT2D eigenvalue weighted by molar-refractivity contribution is 1.27. The summed E-state index contributed by atoms with van der Waals surface area (Å²) in [5.74, 6) is 0. The molecule has 1 aromatic rings. The Balaban J connectivity index is 2.37. The van der Waals surface area contributed by atoms with Gasteiger partial charge in [0.2, 0.25) is 0 Å². The van der Waals surface area contributed by atoms with Crippen LogP contribution in [-0.2, 0) is 0 Å². The third-order valence-electron chi connectivity index (χ3n) is 3.04. The topological polar surface area (TPSA) is 0 Å². The first-order valence-electron chi connectivity index (χ1n) is 5.37. The van der Waals surface area contributed by atoms with E-state index in [-0.39, 0.29) is 0 Å². The molecule has 0 heterocycles. The number of rotatable bonds is 3. The number of allylic oxidation sites excluding steroid dienone is 4. The number of hydrogen-bond acceptors (Lipinski definition) is 0. The van der Waals surface area contributed by atoms with Crippen LogP contribution in [0.25, 0.3) is 0 Å². The van der Waals surface area contributed by atoms with Gasteiger partial charge in [-0.2, -0.15) is 11.1 Å². The van der Waals surface area contributed by atoms with Gasteiger partial charge >= 0.3 is 0 Å². The molecular weight excluding hydrogens is 220 g/mol. The Morgan fingerprint density at radius 2 is 1.73 bits per heavy atom. The Kier molecular flexibility index (Phi) is 3.13. The summed E-state index contributed by atoms with van der Waals surface area (Å²) in [5, 5.41) is 1.34. The quantitative estimate of drug-likeness (QED) is 0.554. The van der Waals surface area contributed by atoms with Gasteiger partial charge in [0.1, 0.15) is 0 Å². The Labute approximate surface area is 97.0 Å². The van der Waals surface area contributed by atoms with E-state index in [1.807, 2.05) is 6.07 Å². The highest BCUT2D eigenvalue weighted by Crippen LogP contribution is 2.34. The van der Waals surface area contributed by atoms with Crippen molar-refractivity contribution in [3.05, 3.63) is 54.6 Å². The maximum atomic E-state index is 6.89. The monoisotopic (exact) mass is 234 g/mol. The molecule has 0 radical (unpaired) electrons. The summed E-state index contributed by atoms with van der Waals surface area (Å²) < 4.78 is 0. The van der Waals surface area contributed by atoms with Gasteiger partial charge in [-0.25, -0.2) is 0 Å². The van der Waals surface area contributed by atoms with E-state index >= 15 is 0 Å². The van der Waals surface area contributed by atoms with Crippen LogP contribution in [0, 0.1) is 0 Å². The van der Waals surface area contributed by atoms with E-state index in [2.05, 4.69) is 55.5 Å². The van der Waals surface area contributed by atoms with Crippen molar-refractivity contribution in [3.63, 3.8) is 0 Å². The molecule has 1 aliphatic carbocycles. The van der Waals surface area contributed by atoms with Gasteiger partial charge in [0, 0.05) is 5.54 Å². The zero-order valence-corrected chi connectivity index (χ0v) is 10.6. The largest absolute Gasteiger partial charge is 0.197 e. The highest BCUT2D eigenvalue weighted by molar-refractivity contribution is 7.28. The Morgan fingerprint density at radius 3 is 2.27 bits per heavy atom. The summed E-state index contributed by atoms with van der Waals surface area (Å²) in [4.78, 5) is 0. The summed E-state index contributed by atoms with van der Waals surface area (Å²) in [6.45, 7) is 2.20. The molecule has 0 aliphatic heterocycles. The molecule has 1 aromatic carbocycles. The van der Waals surface area contributed by atoms with Gasteiger partial charge in [0.25, 0.3) is 0 Å². The summed E-state index contributed by atoms with van der Waals surface area (Å²) in [5.41, 5.74) is 0.451. The summed E-state index contributed by atoms with van der Waals surface area (Å²) in [7, 11) is -1.87. The van der Waals surface area contributed by atoms with Crippen molar-refractivity contribution in [1.29, 1.82) is 0 Å². The highest BCUT2D eigenvalue weighted by Gasteiger charge is 2.37. The number of benzene rings is 1. The van der Waals surface area contributed by atoms with Crippen LogP contribution >= 0.6 is 11.1 Å². The van der Waals surface area contributed by atoms with Gasteiger partial charge in [0.15, 0.2) is 7.38 Å². The van der Waals surface area contributed by atoms with Crippen LogP contribution in [0.1, 0.15) is 6.92 Å².